The summed E-state index contributed by atoms with van der Waals surface area (Å²) in [4.78, 5) is 0. The van der Waals surface area contributed by atoms with Crippen LogP contribution in [0.5, 0.6) is 23.0 Å². The Morgan fingerprint density at radius 1 is 0.280 bits per heavy atom. The van der Waals surface area contributed by atoms with Gasteiger partial charge in [-0.15, -0.1) is 0 Å². The Morgan fingerprint density at radius 2 is 0.524 bits per heavy atom. The van der Waals surface area contributed by atoms with E-state index in [1.165, 1.54) is 0 Å². The molecule has 0 fully saturated rings. The second-order valence-corrected chi connectivity index (χ2v) is 19.4. The smallest absolute Gasteiger partial charge is 0.144 e. The minimum absolute atomic E-state index is 0.0300. The highest BCUT2D eigenvalue weighted by atomic mass is 16.5. The molecule has 10 rings (SSSR count). The zero-order chi connectivity index (χ0) is 56.6. The summed E-state index contributed by atoms with van der Waals surface area (Å²) in [5, 5.41) is 9.60. The fourth-order valence-corrected chi connectivity index (χ4v) is 9.87. The lowest BCUT2D eigenvalue weighted by Gasteiger charge is -2.36. The molecule has 1 N–H and O–H groups in total. The number of hydrogen-bond donors (Lipinski definition) is 1. The number of ether oxygens (including phenoxy) is 6. The minimum atomic E-state index is -0.956. The summed E-state index contributed by atoms with van der Waals surface area (Å²) in [5.41, 5.74) is 11.5. The predicted molar refractivity (Wildman–Crippen MR) is 324 cm³/mol. The van der Waals surface area contributed by atoms with Crippen LogP contribution in [-0.4, -0.2) is 33.5 Å². The van der Waals surface area contributed by atoms with E-state index in [9.17, 15) is 5.11 Å². The van der Waals surface area contributed by atoms with Gasteiger partial charge in [0.15, 0.2) is 0 Å². The van der Waals surface area contributed by atoms with E-state index in [4.69, 9.17) is 28.4 Å². The van der Waals surface area contributed by atoms with Gasteiger partial charge in [0.2, 0.25) is 0 Å². The molecule has 402 valence electrons. The number of rotatable bonds is 17. The Labute approximate surface area is 481 Å². The van der Waals surface area contributed by atoms with E-state index in [-0.39, 0.29) is 6.61 Å². The van der Waals surface area contributed by atoms with Crippen LogP contribution in [0.1, 0.15) is 83.5 Å². The summed E-state index contributed by atoms with van der Waals surface area (Å²) in [6.07, 6.45) is 0. The number of hydrogen-bond acceptors (Lipinski definition) is 7. The van der Waals surface area contributed by atoms with Crippen LogP contribution in [0.3, 0.4) is 0 Å². The lowest BCUT2D eigenvalue weighted by atomic mass is 9.80. The summed E-state index contributed by atoms with van der Waals surface area (Å²) >= 11 is 0. The fraction of sp³-hybridized carbons (Fsp3) is 0.120. The molecule has 7 nitrogen and oxygen atoms in total. The van der Waals surface area contributed by atoms with E-state index in [0.717, 1.165) is 106 Å². The predicted octanol–water partition coefficient (Wildman–Crippen LogP) is 14.4. The highest BCUT2D eigenvalue weighted by molar-refractivity contribution is 5.57. The summed E-state index contributed by atoms with van der Waals surface area (Å²) in [7, 11) is 6.67. The zero-order valence-corrected chi connectivity index (χ0v) is 46.2. The van der Waals surface area contributed by atoms with Gasteiger partial charge in [0.05, 0.1) is 48.3 Å². The van der Waals surface area contributed by atoms with Crippen LogP contribution in [0.2, 0.25) is 0 Å². The molecule has 0 aliphatic heterocycles. The molecule has 0 radical (unpaired) electrons. The van der Waals surface area contributed by atoms with Crippen molar-refractivity contribution < 1.29 is 33.5 Å². The summed E-state index contributed by atoms with van der Waals surface area (Å²) in [6.45, 7) is 0.595. The Morgan fingerprint density at radius 3 is 0.780 bits per heavy atom. The molecule has 0 aliphatic carbocycles. The topological polar surface area (TPSA) is 75.6 Å². The van der Waals surface area contributed by atoms with Crippen molar-refractivity contribution in [2.45, 2.75) is 31.0 Å². The molecule has 0 bridgehead atoms. The third-order valence-electron chi connectivity index (χ3n) is 14.3. The number of methoxy groups -OCH3 is 4. The van der Waals surface area contributed by atoms with Crippen LogP contribution in [0.25, 0.3) is 0 Å². The molecule has 82 heavy (non-hydrogen) atoms. The van der Waals surface area contributed by atoms with Crippen LogP contribution in [0, 0.1) is 35.5 Å². The maximum Gasteiger partial charge on any atom is 0.144 e. The van der Waals surface area contributed by atoms with Gasteiger partial charge in [-0.25, -0.2) is 0 Å². The Kier molecular flexibility index (Phi) is 17.7. The normalized spacial score (nSPS) is 10.9. The van der Waals surface area contributed by atoms with Gasteiger partial charge >= 0.3 is 0 Å². The minimum Gasteiger partial charge on any atom is -0.497 e. The molecular formula is C75H60O7. The monoisotopic (exact) mass is 1070 g/mol. The maximum atomic E-state index is 9.60. The van der Waals surface area contributed by atoms with Crippen molar-refractivity contribution in [2.75, 3.05) is 28.4 Å². The van der Waals surface area contributed by atoms with Crippen molar-refractivity contribution in [3.63, 3.8) is 0 Å². The average Bonchev–Trinajstić information content (AvgIpc) is 3.70. The van der Waals surface area contributed by atoms with Crippen LogP contribution in [0.4, 0.5) is 0 Å². The molecule has 0 heterocycles. The van der Waals surface area contributed by atoms with Crippen LogP contribution >= 0.6 is 0 Å². The summed E-state index contributed by atoms with van der Waals surface area (Å²) < 4.78 is 36.5. The van der Waals surface area contributed by atoms with Gasteiger partial charge in [0.25, 0.3) is 0 Å². The molecule has 0 aromatic heterocycles. The number of aliphatic hydroxyl groups is 1. The van der Waals surface area contributed by atoms with Crippen LogP contribution in [-0.2, 0) is 40.5 Å². The molecule has 0 aliphatic rings. The average molecular weight is 1070 g/mol. The van der Waals surface area contributed by atoms with E-state index < -0.39 is 11.2 Å². The zero-order valence-electron chi connectivity index (χ0n) is 46.2. The van der Waals surface area contributed by atoms with Crippen molar-refractivity contribution in [2.24, 2.45) is 0 Å². The van der Waals surface area contributed by atoms with E-state index in [0.29, 0.717) is 13.2 Å². The fourth-order valence-electron chi connectivity index (χ4n) is 9.87. The van der Waals surface area contributed by atoms with Crippen molar-refractivity contribution in [3.05, 3.63) is 332 Å². The molecule has 10 aromatic rings. The first-order valence-corrected chi connectivity index (χ1v) is 26.9. The SMILES string of the molecule is COc1ccc(C(OCc2ccc(C#Cc3cc(C#Cc4ccc(CO)cc4)cc(C#Cc4ccc(COC(c5ccccc5)(c5ccc(OC)cc5)c5ccc(OC)cc5)cc4)c3)cc2)(c2ccccc2)c2ccc(OC)cc2)cc1. The van der Waals surface area contributed by atoms with Gasteiger partial charge in [0, 0.05) is 33.4 Å². The Hall–Kier alpha value is -10.0. The molecule has 0 saturated carbocycles. The molecule has 0 unspecified atom stereocenters. The van der Waals surface area contributed by atoms with Crippen LogP contribution in [0.15, 0.2) is 249 Å². The third kappa shape index (κ3) is 12.8. The second-order valence-electron chi connectivity index (χ2n) is 19.4. The highest BCUT2D eigenvalue weighted by Gasteiger charge is 2.39. The van der Waals surface area contributed by atoms with Gasteiger partial charge in [-0.3, -0.25) is 0 Å². The summed E-state index contributed by atoms with van der Waals surface area (Å²) in [6, 6.07) is 82.6. The summed E-state index contributed by atoms with van der Waals surface area (Å²) in [5.74, 6) is 23.2. The quantitative estimate of drug-likeness (QED) is 0.0719. The van der Waals surface area contributed by atoms with Gasteiger partial charge in [0.1, 0.15) is 34.2 Å². The number of benzene rings is 10. The first-order chi connectivity index (χ1) is 40.3. The third-order valence-corrected chi connectivity index (χ3v) is 14.3. The first kappa shape index (κ1) is 55.3. The van der Waals surface area contributed by atoms with Crippen LogP contribution < -0.4 is 18.9 Å². The van der Waals surface area contributed by atoms with Crippen molar-refractivity contribution in [3.8, 4) is 58.5 Å². The molecular weight excluding hydrogens is 1010 g/mol. The molecule has 0 spiro atoms. The molecule has 7 heteroatoms. The van der Waals surface area contributed by atoms with E-state index in [2.05, 4.69) is 133 Å². The van der Waals surface area contributed by atoms with Gasteiger partial charge < -0.3 is 33.5 Å². The molecule has 0 atom stereocenters. The second kappa shape index (κ2) is 26.3. The highest BCUT2D eigenvalue weighted by Crippen LogP contribution is 2.44. The lowest BCUT2D eigenvalue weighted by Crippen LogP contribution is -2.32. The number of aliphatic hydroxyl groups excluding tert-OH is 1. The maximum absolute atomic E-state index is 9.60. The molecule has 10 aromatic carbocycles. The van der Waals surface area contributed by atoms with Gasteiger partial charge in [-0.1, -0.05) is 181 Å². The molecule has 0 amide bonds. The Balaban J connectivity index is 0.914. The standard InChI is InChI=1S/C75H60O7/c1-77-70-41-33-66(34-42-70)74(64-11-7-5-8-12-64,67-35-43-71(78-2)44-36-67)81-53-59-26-17-56(18-27-59)22-31-62-49-61(30-21-55-15-24-58(52-76)25-16-55)50-63(51-62)32-23-57-19-28-60(29-20-57)54-82-75(65-13-9-6-10-14-65,68-37-45-72(79-3)46-38-68)69-39-47-73(80-4)48-40-69/h5-20,24-29,33-51,76H,52-54H2,1-4H3. The van der Waals surface area contributed by atoms with Crippen molar-refractivity contribution in [1.82, 2.24) is 0 Å². The molecule has 0 saturated heterocycles. The van der Waals surface area contributed by atoms with Gasteiger partial charge in [-0.05, 0) is 153 Å². The van der Waals surface area contributed by atoms with E-state index >= 15 is 0 Å². The lowest BCUT2D eigenvalue weighted by molar-refractivity contribution is 0.000115. The van der Waals surface area contributed by atoms with Crippen molar-refractivity contribution >= 4 is 0 Å². The Bertz CT molecular complexity index is 3580. The first-order valence-electron chi connectivity index (χ1n) is 26.9. The van der Waals surface area contributed by atoms with Crippen molar-refractivity contribution in [1.29, 1.82) is 0 Å². The van der Waals surface area contributed by atoms with Gasteiger partial charge in [-0.2, -0.15) is 0 Å². The van der Waals surface area contributed by atoms with E-state index in [1.54, 1.807) is 28.4 Å². The van der Waals surface area contributed by atoms with E-state index in [1.807, 2.05) is 152 Å². The largest absolute Gasteiger partial charge is 0.497 e.